The monoisotopic (exact) mass is 430 g/mol. The molecule has 0 aromatic heterocycles. The summed E-state index contributed by atoms with van der Waals surface area (Å²) in [5.74, 6) is -1.74. The SMILES string of the molecule is C=C(NC(C(=O)NC)C(C)(C)C)c1cc2c(cc1F)OC(CC)(c1ccc(F)cc1)O2. The average molecular weight is 430 g/mol. The molecule has 0 saturated carbocycles. The van der Waals surface area contributed by atoms with Crippen LogP contribution < -0.4 is 20.1 Å². The van der Waals surface area contributed by atoms with Crippen molar-refractivity contribution in [3.05, 3.63) is 65.7 Å². The van der Waals surface area contributed by atoms with Gasteiger partial charge in [0.15, 0.2) is 11.5 Å². The molecule has 0 fully saturated rings. The van der Waals surface area contributed by atoms with E-state index in [-0.39, 0.29) is 28.7 Å². The molecule has 2 aromatic rings. The van der Waals surface area contributed by atoms with E-state index in [1.54, 1.807) is 19.2 Å². The van der Waals surface area contributed by atoms with Crippen LogP contribution in [0.25, 0.3) is 5.70 Å². The molecule has 0 saturated heterocycles. The van der Waals surface area contributed by atoms with Gasteiger partial charge in [-0.1, -0.05) is 34.3 Å². The summed E-state index contributed by atoms with van der Waals surface area (Å²) in [6.45, 7) is 11.5. The summed E-state index contributed by atoms with van der Waals surface area (Å²) < 4.78 is 40.4. The largest absolute Gasteiger partial charge is 0.444 e. The standard InChI is InChI=1S/C24H28F2N2O3/c1-7-24(15-8-10-16(25)11-9-15)30-19-12-17(18(26)13-20(19)31-24)14(2)28-21(22(29)27-6)23(3,4)5/h8-13,21,28H,2,7H2,1,3-6H3,(H,27,29). The van der Waals surface area contributed by atoms with Gasteiger partial charge in [-0.05, 0) is 35.7 Å². The highest BCUT2D eigenvalue weighted by Gasteiger charge is 2.42. The summed E-state index contributed by atoms with van der Waals surface area (Å²) in [5.41, 5.74) is 0.615. The number of nitrogens with one attached hydrogen (secondary N) is 2. The first-order chi connectivity index (χ1) is 14.5. The number of ether oxygens (including phenoxy) is 2. The van der Waals surface area contributed by atoms with Gasteiger partial charge in [-0.15, -0.1) is 0 Å². The first kappa shape index (κ1) is 22.6. The minimum absolute atomic E-state index is 0.173. The molecule has 0 aliphatic carbocycles. The molecule has 0 radical (unpaired) electrons. The first-order valence-electron chi connectivity index (χ1n) is 10.2. The molecule has 31 heavy (non-hydrogen) atoms. The second-order valence-corrected chi connectivity index (χ2v) is 8.63. The van der Waals surface area contributed by atoms with Crippen LogP contribution in [0.3, 0.4) is 0 Å². The Morgan fingerprint density at radius 1 is 1.13 bits per heavy atom. The quantitative estimate of drug-likeness (QED) is 0.696. The van der Waals surface area contributed by atoms with Gasteiger partial charge >= 0.3 is 0 Å². The molecule has 5 nitrogen and oxygen atoms in total. The lowest BCUT2D eigenvalue weighted by molar-refractivity contribution is -0.124. The number of carbonyl (C=O) groups is 1. The van der Waals surface area contributed by atoms with Crippen LogP contribution in [-0.4, -0.2) is 19.0 Å². The van der Waals surface area contributed by atoms with E-state index < -0.39 is 23.1 Å². The van der Waals surface area contributed by atoms with E-state index in [4.69, 9.17) is 9.47 Å². The molecule has 166 valence electrons. The van der Waals surface area contributed by atoms with Crippen molar-refractivity contribution in [2.75, 3.05) is 7.05 Å². The lowest BCUT2D eigenvalue weighted by Crippen LogP contribution is -2.50. The number of likely N-dealkylation sites (N-methyl/N-ethyl adjacent to an activating group) is 1. The fourth-order valence-corrected chi connectivity index (χ4v) is 3.54. The zero-order chi connectivity index (χ0) is 23.0. The van der Waals surface area contributed by atoms with Crippen molar-refractivity contribution in [2.45, 2.75) is 45.9 Å². The van der Waals surface area contributed by atoms with Crippen LogP contribution in [0.4, 0.5) is 8.78 Å². The number of hydrogen-bond acceptors (Lipinski definition) is 4. The fraction of sp³-hybridized carbons (Fsp3) is 0.375. The van der Waals surface area contributed by atoms with E-state index >= 15 is 0 Å². The highest BCUT2D eigenvalue weighted by atomic mass is 19.1. The van der Waals surface area contributed by atoms with Crippen molar-refractivity contribution < 1.29 is 23.0 Å². The van der Waals surface area contributed by atoms with Gasteiger partial charge in [0.1, 0.15) is 17.7 Å². The average Bonchev–Trinajstić information content (AvgIpc) is 3.09. The Morgan fingerprint density at radius 2 is 1.71 bits per heavy atom. The summed E-state index contributed by atoms with van der Waals surface area (Å²) in [4.78, 5) is 12.3. The van der Waals surface area contributed by atoms with Gasteiger partial charge in [-0.25, -0.2) is 8.78 Å². The zero-order valence-corrected chi connectivity index (χ0v) is 18.4. The molecule has 0 spiro atoms. The lowest BCUT2D eigenvalue weighted by atomic mass is 9.85. The third-order valence-corrected chi connectivity index (χ3v) is 5.35. The number of rotatable bonds is 6. The molecule has 3 rings (SSSR count). The van der Waals surface area contributed by atoms with Crippen molar-refractivity contribution in [2.24, 2.45) is 5.41 Å². The zero-order valence-electron chi connectivity index (χ0n) is 18.4. The summed E-state index contributed by atoms with van der Waals surface area (Å²) >= 11 is 0. The maximum atomic E-state index is 14.9. The van der Waals surface area contributed by atoms with Crippen LogP contribution in [0.2, 0.25) is 0 Å². The smallest absolute Gasteiger partial charge is 0.278 e. The number of carbonyl (C=O) groups excluding carboxylic acids is 1. The van der Waals surface area contributed by atoms with Crippen LogP contribution in [0.1, 0.15) is 45.2 Å². The summed E-state index contributed by atoms with van der Waals surface area (Å²) in [6, 6.07) is 7.94. The molecule has 2 unspecified atom stereocenters. The second kappa shape index (κ2) is 8.21. The molecule has 2 aromatic carbocycles. The van der Waals surface area contributed by atoms with Gasteiger partial charge in [-0.2, -0.15) is 0 Å². The number of benzene rings is 2. The first-order valence-corrected chi connectivity index (χ1v) is 10.2. The van der Waals surface area contributed by atoms with Crippen LogP contribution in [0.15, 0.2) is 43.0 Å². The molecule has 1 amide bonds. The van der Waals surface area contributed by atoms with Crippen LogP contribution >= 0.6 is 0 Å². The summed E-state index contributed by atoms with van der Waals surface area (Å²) in [5, 5.41) is 5.66. The predicted octanol–water partition coefficient (Wildman–Crippen LogP) is 4.72. The van der Waals surface area contributed by atoms with E-state index in [0.717, 1.165) is 0 Å². The Balaban J connectivity index is 1.91. The van der Waals surface area contributed by atoms with E-state index in [1.807, 2.05) is 27.7 Å². The van der Waals surface area contributed by atoms with Crippen molar-refractivity contribution in [1.82, 2.24) is 10.6 Å². The van der Waals surface area contributed by atoms with E-state index in [9.17, 15) is 13.6 Å². The molecule has 0 bridgehead atoms. The molecular weight excluding hydrogens is 402 g/mol. The molecule has 2 atom stereocenters. The van der Waals surface area contributed by atoms with Gasteiger partial charge in [-0.3, -0.25) is 4.79 Å². The Kier molecular flexibility index (Phi) is 5.98. The highest BCUT2D eigenvalue weighted by molar-refractivity contribution is 5.84. The van der Waals surface area contributed by atoms with Crippen LogP contribution in [0, 0.1) is 17.0 Å². The molecular formula is C24H28F2N2O3. The number of hydrogen-bond donors (Lipinski definition) is 2. The van der Waals surface area contributed by atoms with E-state index in [0.29, 0.717) is 17.7 Å². The summed E-state index contributed by atoms with van der Waals surface area (Å²) in [6.07, 6.45) is 0.423. The van der Waals surface area contributed by atoms with E-state index in [1.165, 1.54) is 24.3 Å². The van der Waals surface area contributed by atoms with Gasteiger partial charge in [0.25, 0.3) is 5.79 Å². The van der Waals surface area contributed by atoms with Gasteiger partial charge in [0, 0.05) is 36.4 Å². The van der Waals surface area contributed by atoms with Gasteiger partial charge < -0.3 is 20.1 Å². The molecule has 1 aliphatic heterocycles. The lowest BCUT2D eigenvalue weighted by Gasteiger charge is -2.31. The van der Waals surface area contributed by atoms with Crippen molar-refractivity contribution in [3.8, 4) is 11.5 Å². The van der Waals surface area contributed by atoms with Crippen molar-refractivity contribution in [1.29, 1.82) is 0 Å². The second-order valence-electron chi connectivity index (χ2n) is 8.63. The third kappa shape index (κ3) is 4.36. The Bertz CT molecular complexity index is 999. The molecule has 1 aliphatic rings. The predicted molar refractivity (Wildman–Crippen MR) is 116 cm³/mol. The number of fused-ring (bicyclic) bond motifs is 1. The topological polar surface area (TPSA) is 59.6 Å². The van der Waals surface area contributed by atoms with Crippen LogP contribution in [0.5, 0.6) is 11.5 Å². The minimum atomic E-state index is -1.17. The Hall–Kier alpha value is -3.09. The molecule has 7 heteroatoms. The van der Waals surface area contributed by atoms with Gasteiger partial charge in [0.2, 0.25) is 5.91 Å². The number of amides is 1. The Morgan fingerprint density at radius 3 is 2.23 bits per heavy atom. The minimum Gasteiger partial charge on any atom is -0.444 e. The van der Waals surface area contributed by atoms with Crippen molar-refractivity contribution in [3.63, 3.8) is 0 Å². The Labute approximate surface area is 181 Å². The highest BCUT2D eigenvalue weighted by Crippen LogP contribution is 2.47. The van der Waals surface area contributed by atoms with Gasteiger partial charge in [0.05, 0.1) is 0 Å². The molecule has 2 N–H and O–H groups in total. The normalized spacial score (nSPS) is 18.4. The van der Waals surface area contributed by atoms with Crippen LogP contribution in [-0.2, 0) is 10.6 Å². The number of halogens is 2. The maximum Gasteiger partial charge on any atom is 0.278 e. The third-order valence-electron chi connectivity index (χ3n) is 5.35. The fourth-order valence-electron chi connectivity index (χ4n) is 3.54. The summed E-state index contributed by atoms with van der Waals surface area (Å²) in [7, 11) is 1.55. The maximum absolute atomic E-state index is 14.9. The van der Waals surface area contributed by atoms with E-state index in [2.05, 4.69) is 17.2 Å². The van der Waals surface area contributed by atoms with Crippen molar-refractivity contribution >= 4 is 11.6 Å². The molecule has 1 heterocycles.